The summed E-state index contributed by atoms with van der Waals surface area (Å²) in [6.07, 6.45) is 5.88. The maximum atomic E-state index is 13.2. The number of rotatable bonds is 7. The second-order valence-corrected chi connectivity index (χ2v) is 9.37. The molecular weight excluding hydrogens is 444 g/mol. The van der Waals surface area contributed by atoms with E-state index in [-0.39, 0.29) is 12.5 Å². The van der Waals surface area contributed by atoms with Crippen LogP contribution in [0.25, 0.3) is 21.9 Å². The molecule has 0 radical (unpaired) electrons. The van der Waals surface area contributed by atoms with E-state index < -0.39 is 5.60 Å². The van der Waals surface area contributed by atoms with E-state index in [9.17, 15) is 9.90 Å². The number of benzene rings is 1. The molecule has 1 amide bonds. The number of hydrogen-bond donors (Lipinski definition) is 1. The lowest BCUT2D eigenvalue weighted by Crippen LogP contribution is -2.45. The molecule has 0 spiro atoms. The summed E-state index contributed by atoms with van der Waals surface area (Å²) in [6.45, 7) is 4.62. The molecular formula is C26H30N6O3. The summed E-state index contributed by atoms with van der Waals surface area (Å²) in [6, 6.07) is 9.47. The zero-order valence-electron chi connectivity index (χ0n) is 20.3. The zero-order chi connectivity index (χ0) is 24.6. The van der Waals surface area contributed by atoms with Gasteiger partial charge in [0.15, 0.2) is 0 Å². The van der Waals surface area contributed by atoms with Crippen molar-refractivity contribution in [3.63, 3.8) is 0 Å². The molecule has 3 aromatic heterocycles. The molecule has 1 aliphatic rings. The molecule has 4 heterocycles. The Morgan fingerprint density at radius 2 is 2.11 bits per heavy atom. The average molecular weight is 475 g/mol. The average Bonchev–Trinajstić information content (AvgIpc) is 3.44. The lowest BCUT2D eigenvalue weighted by Gasteiger charge is -2.29. The Balaban J connectivity index is 1.30. The first-order chi connectivity index (χ1) is 16.9. The van der Waals surface area contributed by atoms with Crippen molar-refractivity contribution in [2.75, 3.05) is 45.3 Å². The van der Waals surface area contributed by atoms with Crippen LogP contribution in [0, 0.1) is 6.92 Å². The summed E-state index contributed by atoms with van der Waals surface area (Å²) in [5.74, 6) is -0.139. The van der Waals surface area contributed by atoms with Crippen LogP contribution in [-0.2, 0) is 11.3 Å². The normalized spacial score (nSPS) is 18.0. The molecule has 0 saturated carbocycles. The smallest absolute Gasteiger partial charge is 0.253 e. The molecule has 0 aliphatic carbocycles. The van der Waals surface area contributed by atoms with Gasteiger partial charge in [0, 0.05) is 68.5 Å². The number of imidazole rings is 1. The molecule has 1 atom stereocenters. The number of amides is 1. The van der Waals surface area contributed by atoms with Crippen molar-refractivity contribution in [2.45, 2.75) is 25.5 Å². The molecule has 35 heavy (non-hydrogen) atoms. The minimum Gasteiger partial charge on any atom is -0.386 e. The first kappa shape index (κ1) is 23.2. The van der Waals surface area contributed by atoms with Gasteiger partial charge in [-0.25, -0.2) is 4.98 Å². The van der Waals surface area contributed by atoms with Crippen LogP contribution in [0.15, 0.2) is 49.1 Å². The number of aryl methyl sites for hydroxylation is 1. The zero-order valence-corrected chi connectivity index (χ0v) is 20.3. The van der Waals surface area contributed by atoms with Crippen LogP contribution in [0.1, 0.15) is 22.5 Å². The quantitative estimate of drug-likeness (QED) is 0.440. The van der Waals surface area contributed by atoms with Gasteiger partial charge < -0.3 is 24.2 Å². The van der Waals surface area contributed by atoms with Crippen molar-refractivity contribution in [3.8, 4) is 0 Å². The molecule has 1 unspecified atom stereocenters. The Bertz CT molecular complexity index is 1390. The molecule has 1 fully saturated rings. The molecule has 1 aromatic carbocycles. The number of ether oxygens (including phenoxy) is 1. The molecule has 5 rings (SSSR count). The van der Waals surface area contributed by atoms with E-state index in [4.69, 9.17) is 4.74 Å². The summed E-state index contributed by atoms with van der Waals surface area (Å²) in [5, 5.41) is 12.4. The van der Waals surface area contributed by atoms with Gasteiger partial charge in [-0.05, 0) is 43.7 Å². The number of fused-ring (bicyclic) bond motifs is 2. The van der Waals surface area contributed by atoms with Crippen LogP contribution in [0.4, 0.5) is 5.69 Å². The van der Waals surface area contributed by atoms with Crippen LogP contribution in [-0.4, -0.2) is 81.4 Å². The van der Waals surface area contributed by atoms with Gasteiger partial charge in [-0.3, -0.25) is 14.8 Å². The monoisotopic (exact) mass is 474 g/mol. The lowest BCUT2D eigenvalue weighted by molar-refractivity contribution is 0.0265. The summed E-state index contributed by atoms with van der Waals surface area (Å²) in [5.41, 5.74) is 4.08. The predicted molar refractivity (Wildman–Crippen MR) is 135 cm³/mol. The van der Waals surface area contributed by atoms with Crippen molar-refractivity contribution in [3.05, 3.63) is 60.3 Å². The van der Waals surface area contributed by atoms with Crippen molar-refractivity contribution in [2.24, 2.45) is 0 Å². The number of hydrogen-bond acceptors (Lipinski definition) is 7. The Morgan fingerprint density at radius 1 is 1.26 bits per heavy atom. The van der Waals surface area contributed by atoms with Crippen molar-refractivity contribution in [1.29, 1.82) is 0 Å². The number of aromatic nitrogens is 4. The molecule has 4 aromatic rings. The largest absolute Gasteiger partial charge is 0.386 e. The van der Waals surface area contributed by atoms with E-state index in [1.54, 1.807) is 37.6 Å². The first-order valence-electron chi connectivity index (χ1n) is 11.7. The topological polar surface area (TPSA) is 96.6 Å². The number of carbonyl (C=O) groups excluding carboxylic acids is 1. The van der Waals surface area contributed by atoms with E-state index in [0.717, 1.165) is 33.3 Å². The number of aliphatic hydroxyl groups is 1. The van der Waals surface area contributed by atoms with Crippen molar-refractivity contribution < 1.29 is 14.6 Å². The Labute approximate surface area is 204 Å². The van der Waals surface area contributed by atoms with Gasteiger partial charge in [0.2, 0.25) is 0 Å². The number of pyridine rings is 2. The van der Waals surface area contributed by atoms with Gasteiger partial charge in [0.1, 0.15) is 5.60 Å². The highest BCUT2D eigenvalue weighted by atomic mass is 16.5. The number of methoxy groups -OCH3 is 1. The summed E-state index contributed by atoms with van der Waals surface area (Å²) in [7, 11) is 3.40. The van der Waals surface area contributed by atoms with Gasteiger partial charge in [0.05, 0.1) is 36.0 Å². The maximum Gasteiger partial charge on any atom is 0.253 e. The van der Waals surface area contributed by atoms with Gasteiger partial charge in [-0.15, -0.1) is 0 Å². The Kier molecular flexibility index (Phi) is 6.12. The minimum absolute atomic E-state index is 0.139. The fraction of sp³-hybridized carbons (Fsp3) is 0.385. The first-order valence-corrected chi connectivity index (χ1v) is 11.7. The fourth-order valence-corrected chi connectivity index (χ4v) is 4.93. The molecule has 182 valence electrons. The fourth-order valence-electron chi connectivity index (χ4n) is 4.93. The standard InChI is InChI=1S/C26H30N6O3/c1-18-12-24(20-14-27-8-6-21(20)29-18)31-9-7-26(34,16-31)15-30(2)25(33)19-4-5-23-22(13-19)28-17-32(23)10-11-35-3/h4-6,8,12-14,17,34H,7,9-11,15-16H2,1-3H3. The van der Waals surface area contributed by atoms with Gasteiger partial charge >= 0.3 is 0 Å². The third kappa shape index (κ3) is 4.56. The lowest BCUT2D eigenvalue weighted by atomic mass is 10.0. The summed E-state index contributed by atoms with van der Waals surface area (Å²) < 4.78 is 7.16. The Hall–Kier alpha value is -3.56. The number of β-amino-alcohol motifs (C(OH)–C–C–N with tert-alkyl or cyclic N) is 1. The number of likely N-dealkylation sites (N-methyl/N-ethyl adjacent to an activating group) is 1. The van der Waals surface area contributed by atoms with Crippen molar-refractivity contribution in [1.82, 2.24) is 24.4 Å². The third-order valence-corrected chi connectivity index (χ3v) is 6.67. The van der Waals surface area contributed by atoms with E-state index in [1.165, 1.54) is 0 Å². The molecule has 0 bridgehead atoms. The van der Waals surface area contributed by atoms with Gasteiger partial charge in [0.25, 0.3) is 5.91 Å². The number of anilines is 1. The predicted octanol–water partition coefficient (Wildman–Crippen LogP) is 2.65. The van der Waals surface area contributed by atoms with Crippen LogP contribution < -0.4 is 4.90 Å². The van der Waals surface area contributed by atoms with Crippen LogP contribution in [0.2, 0.25) is 0 Å². The minimum atomic E-state index is -1.01. The van der Waals surface area contributed by atoms with Crippen LogP contribution in [0.5, 0.6) is 0 Å². The SMILES string of the molecule is COCCn1cnc2cc(C(=O)N(C)CC3(O)CCN(c4cc(C)nc5ccncc45)C3)ccc21. The second-order valence-electron chi connectivity index (χ2n) is 9.37. The highest BCUT2D eigenvalue weighted by molar-refractivity contribution is 5.97. The molecule has 1 N–H and O–H groups in total. The van der Waals surface area contributed by atoms with E-state index in [2.05, 4.69) is 19.9 Å². The van der Waals surface area contributed by atoms with E-state index >= 15 is 0 Å². The van der Waals surface area contributed by atoms with Crippen LogP contribution >= 0.6 is 0 Å². The highest BCUT2D eigenvalue weighted by Crippen LogP contribution is 2.32. The van der Waals surface area contributed by atoms with Crippen LogP contribution in [0.3, 0.4) is 0 Å². The second kappa shape index (κ2) is 9.24. The van der Waals surface area contributed by atoms with Crippen molar-refractivity contribution >= 4 is 33.5 Å². The number of carbonyl (C=O) groups is 1. The van der Waals surface area contributed by atoms with E-state index in [0.29, 0.717) is 38.2 Å². The molecule has 1 aliphatic heterocycles. The third-order valence-electron chi connectivity index (χ3n) is 6.67. The highest BCUT2D eigenvalue weighted by Gasteiger charge is 2.38. The molecule has 9 heteroatoms. The maximum absolute atomic E-state index is 13.2. The number of nitrogens with zero attached hydrogens (tertiary/aromatic N) is 6. The van der Waals surface area contributed by atoms with E-state index in [1.807, 2.05) is 42.0 Å². The van der Waals surface area contributed by atoms with Gasteiger partial charge in [-0.2, -0.15) is 0 Å². The molecule has 1 saturated heterocycles. The Morgan fingerprint density at radius 3 is 2.94 bits per heavy atom. The summed E-state index contributed by atoms with van der Waals surface area (Å²) in [4.78, 5) is 30.2. The summed E-state index contributed by atoms with van der Waals surface area (Å²) >= 11 is 0. The molecule has 9 nitrogen and oxygen atoms in total. The van der Waals surface area contributed by atoms with Gasteiger partial charge in [-0.1, -0.05) is 0 Å².